The molecule has 1 aliphatic heterocycles. The standard InChI is InChI=1S/C13H20N4S/c1-13(2)6-7-17(8-9-18-13)11-5-3-4-10(16-11)12(14)15/h3-5H,6-9H2,1-2H3,(H3,14,15). The van der Waals surface area contributed by atoms with Crippen LogP contribution in [-0.4, -0.2) is 34.4 Å². The van der Waals surface area contributed by atoms with E-state index in [1.54, 1.807) is 6.07 Å². The molecule has 0 spiro atoms. The van der Waals surface area contributed by atoms with Crippen LogP contribution in [0, 0.1) is 5.41 Å². The molecule has 0 atom stereocenters. The van der Waals surface area contributed by atoms with Crippen molar-refractivity contribution < 1.29 is 0 Å². The molecular weight excluding hydrogens is 244 g/mol. The summed E-state index contributed by atoms with van der Waals surface area (Å²) < 4.78 is 0.340. The average Bonchev–Trinajstić information content (AvgIpc) is 2.50. The number of rotatable bonds is 2. The normalized spacial score (nSPS) is 19.3. The number of nitrogen functional groups attached to an aromatic ring is 1. The molecule has 0 aromatic carbocycles. The van der Waals surface area contributed by atoms with Crippen molar-refractivity contribution in [1.29, 1.82) is 5.41 Å². The van der Waals surface area contributed by atoms with Gasteiger partial charge in [-0.2, -0.15) is 11.8 Å². The number of nitrogens with one attached hydrogen (secondary N) is 1. The molecule has 1 saturated heterocycles. The zero-order valence-corrected chi connectivity index (χ0v) is 11.8. The first-order chi connectivity index (χ1) is 8.48. The molecule has 1 aliphatic rings. The van der Waals surface area contributed by atoms with Gasteiger partial charge in [-0.05, 0) is 18.6 Å². The minimum atomic E-state index is 0.0291. The van der Waals surface area contributed by atoms with Crippen LogP contribution in [0.1, 0.15) is 26.0 Å². The zero-order valence-electron chi connectivity index (χ0n) is 10.9. The summed E-state index contributed by atoms with van der Waals surface area (Å²) >= 11 is 2.01. The number of thioether (sulfide) groups is 1. The van der Waals surface area contributed by atoms with Crippen molar-refractivity contribution in [3.05, 3.63) is 23.9 Å². The molecule has 0 amide bonds. The number of amidine groups is 1. The van der Waals surface area contributed by atoms with Gasteiger partial charge in [0, 0.05) is 23.6 Å². The lowest BCUT2D eigenvalue weighted by Gasteiger charge is -2.23. The summed E-state index contributed by atoms with van der Waals surface area (Å²) in [5.74, 6) is 2.07. The zero-order chi connectivity index (χ0) is 13.2. The maximum atomic E-state index is 7.44. The van der Waals surface area contributed by atoms with Crippen LogP contribution in [0.4, 0.5) is 5.82 Å². The van der Waals surface area contributed by atoms with Crippen LogP contribution in [-0.2, 0) is 0 Å². The highest BCUT2D eigenvalue weighted by molar-refractivity contribution is 8.00. The molecule has 5 heteroatoms. The smallest absolute Gasteiger partial charge is 0.141 e. The Balaban J connectivity index is 2.16. The summed E-state index contributed by atoms with van der Waals surface area (Å²) in [6.07, 6.45) is 1.14. The second-order valence-electron chi connectivity index (χ2n) is 5.14. The van der Waals surface area contributed by atoms with E-state index >= 15 is 0 Å². The number of anilines is 1. The van der Waals surface area contributed by atoms with Gasteiger partial charge in [0.05, 0.1) is 0 Å². The molecule has 4 nitrogen and oxygen atoms in total. The van der Waals surface area contributed by atoms with Crippen molar-refractivity contribution >= 4 is 23.4 Å². The van der Waals surface area contributed by atoms with Crippen LogP contribution in [0.2, 0.25) is 0 Å². The van der Waals surface area contributed by atoms with Crippen molar-refractivity contribution in [3.8, 4) is 0 Å². The predicted molar refractivity (Wildman–Crippen MR) is 78.6 cm³/mol. The van der Waals surface area contributed by atoms with Crippen molar-refractivity contribution in [3.63, 3.8) is 0 Å². The SMILES string of the molecule is CC1(C)CCN(c2cccc(C(=N)N)n2)CCS1. The third-order valence-electron chi connectivity index (χ3n) is 3.17. The number of pyridine rings is 1. The topological polar surface area (TPSA) is 66.0 Å². The van der Waals surface area contributed by atoms with E-state index in [0.29, 0.717) is 10.4 Å². The van der Waals surface area contributed by atoms with Gasteiger partial charge < -0.3 is 10.6 Å². The van der Waals surface area contributed by atoms with E-state index in [-0.39, 0.29) is 5.84 Å². The molecule has 3 N–H and O–H groups in total. The van der Waals surface area contributed by atoms with Crippen LogP contribution in [0.15, 0.2) is 18.2 Å². The molecule has 2 rings (SSSR count). The Bertz CT molecular complexity index is 444. The Labute approximate surface area is 112 Å². The predicted octanol–water partition coefficient (Wildman–Crippen LogP) is 2.09. The van der Waals surface area contributed by atoms with E-state index in [1.165, 1.54) is 0 Å². The highest BCUT2D eigenvalue weighted by Gasteiger charge is 2.24. The van der Waals surface area contributed by atoms with Gasteiger partial charge in [-0.3, -0.25) is 5.41 Å². The van der Waals surface area contributed by atoms with Gasteiger partial charge in [0.2, 0.25) is 0 Å². The van der Waals surface area contributed by atoms with Crippen LogP contribution in [0.5, 0.6) is 0 Å². The lowest BCUT2D eigenvalue weighted by molar-refractivity contribution is 0.635. The van der Waals surface area contributed by atoms with Gasteiger partial charge in [-0.15, -0.1) is 0 Å². The monoisotopic (exact) mass is 264 g/mol. The highest BCUT2D eigenvalue weighted by Crippen LogP contribution is 2.31. The van der Waals surface area contributed by atoms with E-state index in [1.807, 2.05) is 23.9 Å². The Morgan fingerprint density at radius 2 is 2.22 bits per heavy atom. The molecule has 0 radical (unpaired) electrons. The second kappa shape index (κ2) is 5.18. The van der Waals surface area contributed by atoms with E-state index < -0.39 is 0 Å². The van der Waals surface area contributed by atoms with E-state index in [4.69, 9.17) is 11.1 Å². The summed E-state index contributed by atoms with van der Waals surface area (Å²) in [5.41, 5.74) is 6.04. The Morgan fingerprint density at radius 1 is 1.44 bits per heavy atom. The van der Waals surface area contributed by atoms with Gasteiger partial charge in [-0.1, -0.05) is 19.9 Å². The first-order valence-electron chi connectivity index (χ1n) is 6.18. The maximum absolute atomic E-state index is 7.44. The largest absolute Gasteiger partial charge is 0.382 e. The highest BCUT2D eigenvalue weighted by atomic mass is 32.2. The van der Waals surface area contributed by atoms with Crippen LogP contribution < -0.4 is 10.6 Å². The fraction of sp³-hybridized carbons (Fsp3) is 0.538. The molecule has 0 aliphatic carbocycles. The summed E-state index contributed by atoms with van der Waals surface area (Å²) in [7, 11) is 0. The summed E-state index contributed by atoms with van der Waals surface area (Å²) in [4.78, 5) is 6.74. The number of aromatic nitrogens is 1. The van der Waals surface area contributed by atoms with Crippen LogP contribution >= 0.6 is 11.8 Å². The van der Waals surface area contributed by atoms with E-state index in [2.05, 4.69) is 23.7 Å². The minimum absolute atomic E-state index is 0.0291. The number of nitrogens with two attached hydrogens (primary N) is 1. The van der Waals surface area contributed by atoms with Gasteiger partial charge in [0.25, 0.3) is 0 Å². The number of hydrogen-bond acceptors (Lipinski definition) is 4. The van der Waals surface area contributed by atoms with Crippen molar-refractivity contribution in [1.82, 2.24) is 4.98 Å². The lowest BCUT2D eigenvalue weighted by atomic mass is 10.1. The second-order valence-corrected chi connectivity index (χ2v) is 6.94. The van der Waals surface area contributed by atoms with Gasteiger partial charge >= 0.3 is 0 Å². The fourth-order valence-corrected chi connectivity index (χ4v) is 3.10. The Kier molecular flexibility index (Phi) is 3.80. The lowest BCUT2D eigenvalue weighted by Crippen LogP contribution is -2.28. The quantitative estimate of drug-likeness (QED) is 0.634. The Morgan fingerprint density at radius 3 is 2.94 bits per heavy atom. The molecule has 0 bridgehead atoms. The van der Waals surface area contributed by atoms with Gasteiger partial charge in [0.1, 0.15) is 17.3 Å². The fourth-order valence-electron chi connectivity index (χ4n) is 2.00. The summed E-state index contributed by atoms with van der Waals surface area (Å²) in [5, 5.41) is 7.44. The van der Waals surface area contributed by atoms with Crippen molar-refractivity contribution in [2.75, 3.05) is 23.7 Å². The minimum Gasteiger partial charge on any atom is -0.382 e. The maximum Gasteiger partial charge on any atom is 0.141 e. The van der Waals surface area contributed by atoms with Gasteiger partial charge in [-0.25, -0.2) is 4.98 Å². The first kappa shape index (κ1) is 13.2. The third-order valence-corrected chi connectivity index (χ3v) is 4.54. The average molecular weight is 264 g/mol. The molecule has 0 unspecified atom stereocenters. The first-order valence-corrected chi connectivity index (χ1v) is 7.17. The molecule has 2 heterocycles. The van der Waals surface area contributed by atoms with Gasteiger partial charge in [0.15, 0.2) is 0 Å². The third kappa shape index (κ3) is 3.16. The summed E-state index contributed by atoms with van der Waals surface area (Å²) in [6, 6.07) is 5.69. The van der Waals surface area contributed by atoms with Crippen LogP contribution in [0.25, 0.3) is 0 Å². The molecule has 98 valence electrons. The molecule has 1 fully saturated rings. The molecule has 1 aromatic heterocycles. The Hall–Kier alpha value is -1.23. The van der Waals surface area contributed by atoms with Crippen molar-refractivity contribution in [2.24, 2.45) is 5.73 Å². The van der Waals surface area contributed by atoms with E-state index in [0.717, 1.165) is 31.1 Å². The molecule has 1 aromatic rings. The van der Waals surface area contributed by atoms with E-state index in [9.17, 15) is 0 Å². The number of nitrogens with zero attached hydrogens (tertiary/aromatic N) is 2. The molecular formula is C13H20N4S. The van der Waals surface area contributed by atoms with Crippen LogP contribution in [0.3, 0.4) is 0 Å². The number of hydrogen-bond donors (Lipinski definition) is 2. The molecule has 0 saturated carbocycles. The van der Waals surface area contributed by atoms with Crippen molar-refractivity contribution in [2.45, 2.75) is 25.0 Å². The summed E-state index contributed by atoms with van der Waals surface area (Å²) in [6.45, 7) is 6.60. The molecule has 18 heavy (non-hydrogen) atoms.